The van der Waals surface area contributed by atoms with Gasteiger partial charge in [0, 0.05) is 31.0 Å². The van der Waals surface area contributed by atoms with Gasteiger partial charge in [0.2, 0.25) is 0 Å². The average Bonchev–Trinajstić information content (AvgIpc) is 3.28. The zero-order chi connectivity index (χ0) is 19.3. The molecule has 2 aromatic heterocycles. The summed E-state index contributed by atoms with van der Waals surface area (Å²) in [4.78, 5) is 28.1. The second kappa shape index (κ2) is 8.12. The number of amides is 1. The van der Waals surface area contributed by atoms with Crippen molar-refractivity contribution in [3.05, 3.63) is 71.9 Å². The van der Waals surface area contributed by atoms with Crippen molar-refractivity contribution in [3.63, 3.8) is 0 Å². The lowest BCUT2D eigenvalue weighted by molar-refractivity contribution is 0.0950. The van der Waals surface area contributed by atoms with Gasteiger partial charge >= 0.3 is 0 Å². The van der Waals surface area contributed by atoms with Crippen molar-refractivity contribution in [2.75, 3.05) is 18.0 Å². The topological polar surface area (TPSA) is 71.0 Å². The highest BCUT2D eigenvalue weighted by molar-refractivity contribution is 5.98. The summed E-state index contributed by atoms with van der Waals surface area (Å²) in [7, 11) is 0. The highest BCUT2D eigenvalue weighted by Gasteiger charge is 2.22. The lowest BCUT2D eigenvalue weighted by Gasteiger charge is -2.20. The van der Waals surface area contributed by atoms with Crippen LogP contribution in [0.25, 0.3) is 11.4 Å². The highest BCUT2D eigenvalue weighted by atomic mass is 19.1. The summed E-state index contributed by atoms with van der Waals surface area (Å²) in [5.74, 6) is 0.542. The lowest BCUT2D eigenvalue weighted by atomic mass is 10.2. The van der Waals surface area contributed by atoms with Crippen LogP contribution in [-0.2, 0) is 6.54 Å². The van der Waals surface area contributed by atoms with Crippen molar-refractivity contribution < 1.29 is 9.18 Å². The number of aromatic nitrogens is 3. The normalized spacial score (nSPS) is 13.5. The summed E-state index contributed by atoms with van der Waals surface area (Å²) in [5.41, 5.74) is 1.92. The van der Waals surface area contributed by atoms with Crippen LogP contribution in [0.3, 0.4) is 0 Å². The maximum Gasteiger partial charge on any atom is 0.256 e. The third kappa shape index (κ3) is 3.98. The zero-order valence-electron chi connectivity index (χ0n) is 15.3. The minimum atomic E-state index is -0.311. The van der Waals surface area contributed by atoms with E-state index in [0.717, 1.165) is 31.6 Å². The van der Waals surface area contributed by atoms with Gasteiger partial charge in [-0.1, -0.05) is 6.07 Å². The van der Waals surface area contributed by atoms with E-state index in [2.05, 4.69) is 25.2 Å². The Labute approximate surface area is 162 Å². The number of carbonyl (C=O) groups is 1. The third-order valence-electron chi connectivity index (χ3n) is 4.68. The van der Waals surface area contributed by atoms with E-state index in [-0.39, 0.29) is 11.7 Å². The first kappa shape index (κ1) is 18.0. The fraction of sp³-hybridized carbons (Fsp3) is 0.238. The van der Waals surface area contributed by atoms with Gasteiger partial charge in [-0.25, -0.2) is 14.4 Å². The van der Waals surface area contributed by atoms with Crippen LogP contribution < -0.4 is 10.2 Å². The Kier molecular flexibility index (Phi) is 5.23. The van der Waals surface area contributed by atoms with E-state index in [0.29, 0.717) is 29.3 Å². The summed E-state index contributed by atoms with van der Waals surface area (Å²) in [5, 5.41) is 2.89. The fourth-order valence-electron chi connectivity index (χ4n) is 3.21. The van der Waals surface area contributed by atoms with Crippen LogP contribution in [-0.4, -0.2) is 33.9 Å². The molecule has 1 aliphatic rings. The number of halogens is 1. The van der Waals surface area contributed by atoms with Gasteiger partial charge in [-0.15, -0.1) is 0 Å². The number of hydrogen-bond donors (Lipinski definition) is 1. The van der Waals surface area contributed by atoms with Gasteiger partial charge in [0.25, 0.3) is 5.91 Å². The van der Waals surface area contributed by atoms with Crippen LogP contribution in [0.1, 0.15) is 28.9 Å². The van der Waals surface area contributed by atoms with Gasteiger partial charge in [-0.3, -0.25) is 9.78 Å². The van der Waals surface area contributed by atoms with E-state index in [9.17, 15) is 9.18 Å². The molecule has 3 heterocycles. The van der Waals surface area contributed by atoms with E-state index < -0.39 is 0 Å². The maximum absolute atomic E-state index is 13.2. The molecule has 0 spiro atoms. The summed E-state index contributed by atoms with van der Waals surface area (Å²) in [6.45, 7) is 2.03. The molecule has 0 unspecified atom stereocenters. The van der Waals surface area contributed by atoms with Crippen LogP contribution in [0.5, 0.6) is 0 Å². The smallest absolute Gasteiger partial charge is 0.256 e. The Hall–Kier alpha value is -3.35. The summed E-state index contributed by atoms with van der Waals surface area (Å²) in [6.07, 6.45) is 5.36. The minimum absolute atomic E-state index is 0.238. The molecule has 28 heavy (non-hydrogen) atoms. The molecule has 4 rings (SSSR count). The zero-order valence-corrected chi connectivity index (χ0v) is 15.3. The van der Waals surface area contributed by atoms with Crippen molar-refractivity contribution in [2.24, 2.45) is 0 Å². The van der Waals surface area contributed by atoms with Gasteiger partial charge in [-0.05, 0) is 49.2 Å². The third-order valence-corrected chi connectivity index (χ3v) is 4.68. The molecule has 0 radical (unpaired) electrons. The molecule has 1 amide bonds. The van der Waals surface area contributed by atoms with E-state index in [1.165, 1.54) is 12.1 Å². The Bertz CT molecular complexity index is 956. The van der Waals surface area contributed by atoms with Gasteiger partial charge in [0.05, 0.1) is 12.2 Å². The fourth-order valence-corrected chi connectivity index (χ4v) is 3.21. The molecular weight excluding hydrogens is 357 g/mol. The first-order chi connectivity index (χ1) is 13.7. The molecule has 0 atom stereocenters. The molecule has 1 aromatic carbocycles. The summed E-state index contributed by atoms with van der Waals surface area (Å²) >= 11 is 0. The summed E-state index contributed by atoms with van der Waals surface area (Å²) in [6, 6.07) is 11.6. The van der Waals surface area contributed by atoms with Crippen molar-refractivity contribution >= 4 is 11.7 Å². The van der Waals surface area contributed by atoms with Crippen LogP contribution in [0.2, 0.25) is 0 Å². The van der Waals surface area contributed by atoms with Gasteiger partial charge in [0.15, 0.2) is 5.82 Å². The molecule has 7 heteroatoms. The van der Waals surface area contributed by atoms with Crippen molar-refractivity contribution in [3.8, 4) is 11.4 Å². The maximum atomic E-state index is 13.2. The number of hydrogen-bond acceptors (Lipinski definition) is 5. The molecule has 1 aliphatic heterocycles. The Morgan fingerprint density at radius 2 is 1.86 bits per heavy atom. The van der Waals surface area contributed by atoms with E-state index in [1.807, 2.05) is 18.2 Å². The molecule has 0 saturated carbocycles. The number of nitrogens with zero attached hydrogens (tertiary/aromatic N) is 4. The van der Waals surface area contributed by atoms with Gasteiger partial charge in [0.1, 0.15) is 17.2 Å². The second-order valence-electron chi connectivity index (χ2n) is 6.64. The molecule has 1 saturated heterocycles. The Morgan fingerprint density at radius 1 is 1.07 bits per heavy atom. The standard InChI is InChI=1S/C21H20FN5O/c22-16-8-6-15(7-9-16)19-24-14-18(20(26-19)27-11-3-4-12-27)21(28)25-13-17-5-1-2-10-23-17/h1-2,5-10,14H,3-4,11-13H2,(H,25,28). The molecule has 0 bridgehead atoms. The van der Waals surface area contributed by atoms with E-state index >= 15 is 0 Å². The largest absolute Gasteiger partial charge is 0.356 e. The minimum Gasteiger partial charge on any atom is -0.356 e. The Morgan fingerprint density at radius 3 is 2.57 bits per heavy atom. The molecule has 1 N–H and O–H groups in total. The number of nitrogens with one attached hydrogen (secondary N) is 1. The molecular formula is C21H20FN5O. The first-order valence-electron chi connectivity index (χ1n) is 9.27. The van der Waals surface area contributed by atoms with Crippen molar-refractivity contribution in [1.82, 2.24) is 20.3 Å². The summed E-state index contributed by atoms with van der Waals surface area (Å²) < 4.78 is 13.2. The molecule has 1 fully saturated rings. The van der Waals surface area contributed by atoms with E-state index in [4.69, 9.17) is 0 Å². The van der Waals surface area contributed by atoms with Gasteiger partial charge < -0.3 is 10.2 Å². The number of carbonyl (C=O) groups excluding carboxylic acids is 1. The highest BCUT2D eigenvalue weighted by Crippen LogP contribution is 2.25. The number of pyridine rings is 1. The predicted molar refractivity (Wildman–Crippen MR) is 104 cm³/mol. The van der Waals surface area contributed by atoms with Crippen LogP contribution in [0.15, 0.2) is 54.9 Å². The molecule has 6 nitrogen and oxygen atoms in total. The number of rotatable bonds is 5. The Balaban J connectivity index is 1.62. The van der Waals surface area contributed by atoms with Crippen LogP contribution >= 0.6 is 0 Å². The van der Waals surface area contributed by atoms with Crippen molar-refractivity contribution in [1.29, 1.82) is 0 Å². The first-order valence-corrected chi connectivity index (χ1v) is 9.27. The quantitative estimate of drug-likeness (QED) is 0.739. The van der Waals surface area contributed by atoms with Crippen LogP contribution in [0, 0.1) is 5.82 Å². The van der Waals surface area contributed by atoms with Crippen molar-refractivity contribution in [2.45, 2.75) is 19.4 Å². The number of anilines is 1. The predicted octanol–water partition coefficient (Wildman–Crippen LogP) is 3.21. The molecule has 142 valence electrons. The monoisotopic (exact) mass is 377 g/mol. The van der Waals surface area contributed by atoms with Crippen LogP contribution in [0.4, 0.5) is 10.2 Å². The lowest BCUT2D eigenvalue weighted by Crippen LogP contribution is -2.28. The SMILES string of the molecule is O=C(NCc1ccccn1)c1cnc(-c2ccc(F)cc2)nc1N1CCCC1. The van der Waals surface area contributed by atoms with E-state index in [1.54, 1.807) is 24.5 Å². The average molecular weight is 377 g/mol. The second-order valence-corrected chi connectivity index (χ2v) is 6.64. The van der Waals surface area contributed by atoms with Gasteiger partial charge in [-0.2, -0.15) is 0 Å². The number of benzene rings is 1. The molecule has 0 aliphatic carbocycles. The molecule has 3 aromatic rings.